The van der Waals surface area contributed by atoms with Crippen LogP contribution in [0.1, 0.15) is 6.92 Å². The molecule has 8 heavy (non-hydrogen) atoms. The summed E-state index contributed by atoms with van der Waals surface area (Å²) >= 11 is 4.75. The van der Waals surface area contributed by atoms with Crippen LogP contribution < -0.4 is 5.73 Å². The smallest absolute Gasteiger partial charge is 0.289 e. The monoisotopic (exact) mass is 135 g/mol. The third-order valence-corrected chi connectivity index (χ3v) is 0.794. The second-order valence-corrected chi connectivity index (χ2v) is 1.77. The van der Waals surface area contributed by atoms with Crippen molar-refractivity contribution in [3.8, 4) is 0 Å². The van der Waals surface area contributed by atoms with Crippen molar-refractivity contribution in [2.24, 2.45) is 5.73 Å². The summed E-state index contributed by atoms with van der Waals surface area (Å²) in [5.41, 5.74) is 4.98. The maximum absolute atomic E-state index is 10.2. The number of Topliss-reactive ketones (excluding diaryl/α,β-unsaturated/α-hetero) is 1. The van der Waals surface area contributed by atoms with E-state index in [1.165, 1.54) is 6.92 Å². The van der Waals surface area contributed by atoms with Crippen LogP contribution in [0.25, 0.3) is 0 Å². The molecule has 0 unspecified atom stereocenters. The molecular weight excluding hydrogens is 130 g/mol. The van der Waals surface area contributed by atoms with Crippen LogP contribution in [-0.4, -0.2) is 17.1 Å². The highest BCUT2D eigenvalue weighted by molar-refractivity contribution is 6.81. The maximum Gasteiger partial charge on any atom is 0.289 e. The lowest BCUT2D eigenvalue weighted by molar-refractivity contribution is -0.132. The molecule has 0 fully saturated rings. The second-order valence-electron chi connectivity index (χ2n) is 1.43. The summed E-state index contributed by atoms with van der Waals surface area (Å²) in [7, 11) is 0. The van der Waals surface area contributed by atoms with Crippen LogP contribution in [-0.2, 0) is 9.59 Å². The third kappa shape index (κ3) is 2.04. The molecule has 0 aliphatic carbocycles. The fourth-order valence-electron chi connectivity index (χ4n) is 0.179. The van der Waals surface area contributed by atoms with Gasteiger partial charge in [-0.25, -0.2) is 0 Å². The van der Waals surface area contributed by atoms with Crippen molar-refractivity contribution in [1.82, 2.24) is 0 Å². The van der Waals surface area contributed by atoms with Crippen molar-refractivity contribution < 1.29 is 9.59 Å². The van der Waals surface area contributed by atoms with Crippen molar-refractivity contribution in [1.29, 1.82) is 0 Å². The molecule has 0 radical (unpaired) electrons. The van der Waals surface area contributed by atoms with Gasteiger partial charge in [-0.1, -0.05) is 0 Å². The zero-order valence-corrected chi connectivity index (χ0v) is 5.11. The van der Waals surface area contributed by atoms with E-state index in [-0.39, 0.29) is 0 Å². The number of rotatable bonds is 2. The van der Waals surface area contributed by atoms with E-state index in [4.69, 9.17) is 17.3 Å². The lowest BCUT2D eigenvalue weighted by atomic mass is 10.2. The molecule has 0 aliphatic rings. The van der Waals surface area contributed by atoms with Crippen molar-refractivity contribution >= 4 is 22.6 Å². The van der Waals surface area contributed by atoms with Crippen LogP contribution in [0.3, 0.4) is 0 Å². The SMILES string of the molecule is C[C@H](N)C(=O)C(=O)Cl. The van der Waals surface area contributed by atoms with E-state index in [9.17, 15) is 9.59 Å². The van der Waals surface area contributed by atoms with Crippen LogP contribution >= 0.6 is 11.6 Å². The summed E-state index contributed by atoms with van der Waals surface area (Å²) in [6, 6.07) is -0.778. The molecular formula is C4H6ClNO2. The van der Waals surface area contributed by atoms with E-state index in [1.54, 1.807) is 0 Å². The summed E-state index contributed by atoms with van der Waals surface area (Å²) in [4.78, 5) is 20.2. The zero-order valence-electron chi connectivity index (χ0n) is 4.35. The minimum atomic E-state index is -1.000. The summed E-state index contributed by atoms with van der Waals surface area (Å²) < 4.78 is 0. The van der Waals surface area contributed by atoms with Gasteiger partial charge in [0.1, 0.15) is 0 Å². The fraction of sp³-hybridized carbons (Fsp3) is 0.500. The standard InChI is InChI=1S/C4H6ClNO2/c1-2(6)3(7)4(5)8/h2H,6H2,1H3/t2-/m0/s1. The van der Waals surface area contributed by atoms with Crippen LogP contribution in [0.2, 0.25) is 0 Å². The molecule has 0 rings (SSSR count). The van der Waals surface area contributed by atoms with E-state index in [1.807, 2.05) is 0 Å². The molecule has 0 aromatic heterocycles. The van der Waals surface area contributed by atoms with Gasteiger partial charge in [-0.05, 0) is 18.5 Å². The summed E-state index contributed by atoms with van der Waals surface area (Å²) in [6.45, 7) is 1.41. The van der Waals surface area contributed by atoms with Crippen LogP contribution in [0.4, 0.5) is 0 Å². The molecule has 0 aromatic carbocycles. The predicted molar refractivity (Wildman–Crippen MR) is 29.5 cm³/mol. The number of hydrogen-bond donors (Lipinski definition) is 1. The average molecular weight is 136 g/mol. The minimum Gasteiger partial charge on any atom is -0.321 e. The van der Waals surface area contributed by atoms with Gasteiger partial charge in [0, 0.05) is 0 Å². The van der Waals surface area contributed by atoms with Gasteiger partial charge in [0.05, 0.1) is 6.04 Å². The summed E-state index contributed by atoms with van der Waals surface area (Å²) in [6.07, 6.45) is 0. The van der Waals surface area contributed by atoms with E-state index in [2.05, 4.69) is 0 Å². The minimum absolute atomic E-state index is 0.744. The largest absolute Gasteiger partial charge is 0.321 e. The van der Waals surface area contributed by atoms with Gasteiger partial charge in [0.25, 0.3) is 5.24 Å². The van der Waals surface area contributed by atoms with Crippen molar-refractivity contribution in [3.63, 3.8) is 0 Å². The molecule has 3 nitrogen and oxygen atoms in total. The summed E-state index contributed by atoms with van der Waals surface area (Å²) in [5.74, 6) is -0.744. The Morgan fingerprint density at radius 1 is 1.62 bits per heavy atom. The Labute approximate surface area is 51.8 Å². The molecule has 0 aliphatic heterocycles. The molecule has 1 atom stereocenters. The number of carbonyl (C=O) groups is 2. The lowest BCUT2D eigenvalue weighted by Crippen LogP contribution is -2.30. The second kappa shape index (κ2) is 2.79. The first kappa shape index (κ1) is 7.59. The molecule has 0 spiro atoms. The molecule has 0 saturated heterocycles. The van der Waals surface area contributed by atoms with Gasteiger partial charge < -0.3 is 5.73 Å². The number of nitrogens with two attached hydrogens (primary N) is 1. The number of ketones is 1. The highest BCUT2D eigenvalue weighted by Crippen LogP contribution is 1.85. The van der Waals surface area contributed by atoms with Crippen molar-refractivity contribution in [2.75, 3.05) is 0 Å². The zero-order chi connectivity index (χ0) is 6.73. The summed E-state index contributed by atoms with van der Waals surface area (Å²) in [5, 5.41) is -1.000. The van der Waals surface area contributed by atoms with Gasteiger partial charge in [-0.2, -0.15) is 0 Å². The van der Waals surface area contributed by atoms with E-state index in [0.717, 1.165) is 0 Å². The Morgan fingerprint density at radius 3 is 2.00 bits per heavy atom. The fourth-order valence-corrected chi connectivity index (χ4v) is 0.351. The predicted octanol–water partition coefficient (Wildman–Crippen LogP) is -0.332. The topological polar surface area (TPSA) is 60.2 Å². The van der Waals surface area contributed by atoms with Gasteiger partial charge >= 0.3 is 0 Å². The molecule has 2 N–H and O–H groups in total. The molecule has 0 amide bonds. The van der Waals surface area contributed by atoms with Crippen molar-refractivity contribution in [2.45, 2.75) is 13.0 Å². The third-order valence-electron chi connectivity index (χ3n) is 0.607. The number of hydrogen-bond acceptors (Lipinski definition) is 3. The Kier molecular flexibility index (Phi) is 2.65. The van der Waals surface area contributed by atoms with E-state index >= 15 is 0 Å². The Hall–Kier alpha value is -0.410. The van der Waals surface area contributed by atoms with E-state index < -0.39 is 17.1 Å². The Bertz CT molecular complexity index is 121. The number of carbonyl (C=O) groups excluding carboxylic acids is 2. The van der Waals surface area contributed by atoms with Crippen LogP contribution in [0.15, 0.2) is 0 Å². The number of halogens is 1. The molecule has 0 heterocycles. The molecule has 0 saturated carbocycles. The Morgan fingerprint density at radius 2 is 2.00 bits per heavy atom. The van der Waals surface area contributed by atoms with Gasteiger partial charge in [0.2, 0.25) is 5.78 Å². The highest BCUT2D eigenvalue weighted by Gasteiger charge is 2.13. The normalized spacial score (nSPS) is 12.9. The maximum atomic E-state index is 10.2. The van der Waals surface area contributed by atoms with E-state index in [0.29, 0.717) is 0 Å². The first-order valence-electron chi connectivity index (χ1n) is 2.05. The molecule has 0 aromatic rings. The van der Waals surface area contributed by atoms with Crippen molar-refractivity contribution in [3.05, 3.63) is 0 Å². The molecule has 0 bridgehead atoms. The molecule has 4 heteroatoms. The Balaban J connectivity index is 3.84. The first-order valence-corrected chi connectivity index (χ1v) is 2.42. The highest BCUT2D eigenvalue weighted by atomic mass is 35.5. The first-order chi connectivity index (χ1) is 3.55. The average Bonchev–Trinajstić information content (AvgIpc) is 1.64. The van der Waals surface area contributed by atoms with Gasteiger partial charge in [0.15, 0.2) is 0 Å². The molecule has 46 valence electrons. The van der Waals surface area contributed by atoms with Crippen LogP contribution in [0.5, 0.6) is 0 Å². The van der Waals surface area contributed by atoms with Crippen LogP contribution in [0, 0.1) is 0 Å². The van der Waals surface area contributed by atoms with Gasteiger partial charge in [-0.3, -0.25) is 9.59 Å². The quantitative estimate of drug-likeness (QED) is 0.417. The lowest BCUT2D eigenvalue weighted by Gasteiger charge is -1.94. The van der Waals surface area contributed by atoms with Gasteiger partial charge in [-0.15, -0.1) is 0 Å².